The summed E-state index contributed by atoms with van der Waals surface area (Å²) >= 11 is 0. The highest BCUT2D eigenvalue weighted by Gasteiger charge is 2.35. The van der Waals surface area contributed by atoms with Crippen LogP contribution in [-0.2, 0) is 5.41 Å². The van der Waals surface area contributed by atoms with E-state index in [-0.39, 0.29) is 5.41 Å². The third kappa shape index (κ3) is 2.39. The fourth-order valence-electron chi connectivity index (χ4n) is 4.17. The van der Waals surface area contributed by atoms with E-state index in [4.69, 9.17) is 0 Å². The Kier molecular flexibility index (Phi) is 3.89. The second-order valence-corrected chi connectivity index (χ2v) is 7.85. The molecule has 2 aromatic rings. The van der Waals surface area contributed by atoms with E-state index in [1.54, 1.807) is 5.56 Å². The second-order valence-electron chi connectivity index (χ2n) is 7.85. The SMILES string of the molecule is CCCC(C)C1c2ccccc2-c2cccc(C(C)(C)C)c21. The molecule has 0 aliphatic heterocycles. The molecule has 3 rings (SSSR count). The first kappa shape index (κ1) is 15.3. The molecule has 0 heterocycles. The fraction of sp³-hybridized carbons (Fsp3) is 0.455. The summed E-state index contributed by atoms with van der Waals surface area (Å²) in [4.78, 5) is 0. The molecule has 0 amide bonds. The maximum Gasteiger partial charge on any atom is 0.0130 e. The molecule has 0 radical (unpaired) electrons. The first-order chi connectivity index (χ1) is 10.4. The summed E-state index contributed by atoms with van der Waals surface area (Å²) in [5.41, 5.74) is 7.77. The average Bonchev–Trinajstić information content (AvgIpc) is 2.81. The van der Waals surface area contributed by atoms with Crippen LogP contribution < -0.4 is 0 Å². The molecule has 1 aliphatic rings. The molecular weight excluding hydrogens is 264 g/mol. The van der Waals surface area contributed by atoms with E-state index >= 15 is 0 Å². The Morgan fingerprint density at radius 1 is 0.955 bits per heavy atom. The molecule has 116 valence electrons. The lowest BCUT2D eigenvalue weighted by molar-refractivity contribution is 0.464. The van der Waals surface area contributed by atoms with Crippen molar-refractivity contribution in [3.05, 3.63) is 59.2 Å². The van der Waals surface area contributed by atoms with Gasteiger partial charge in [0.2, 0.25) is 0 Å². The van der Waals surface area contributed by atoms with Crippen molar-refractivity contribution >= 4 is 0 Å². The molecule has 0 aromatic heterocycles. The lowest BCUT2D eigenvalue weighted by Crippen LogP contribution is -2.18. The molecule has 2 unspecified atom stereocenters. The zero-order valence-electron chi connectivity index (χ0n) is 14.6. The van der Waals surface area contributed by atoms with Crippen LogP contribution in [0.2, 0.25) is 0 Å². The molecule has 0 spiro atoms. The molecule has 0 saturated heterocycles. The Labute approximate surface area is 135 Å². The summed E-state index contributed by atoms with van der Waals surface area (Å²) in [6.07, 6.45) is 2.55. The quantitative estimate of drug-likeness (QED) is 0.603. The Bertz CT molecular complexity index is 673. The van der Waals surface area contributed by atoms with E-state index < -0.39 is 0 Å². The maximum absolute atomic E-state index is 2.43. The van der Waals surface area contributed by atoms with Gasteiger partial charge >= 0.3 is 0 Å². The van der Waals surface area contributed by atoms with Crippen molar-refractivity contribution in [2.24, 2.45) is 5.92 Å². The highest BCUT2D eigenvalue weighted by atomic mass is 14.4. The molecule has 1 aliphatic carbocycles. The zero-order chi connectivity index (χ0) is 15.9. The highest BCUT2D eigenvalue weighted by Crippen LogP contribution is 2.52. The van der Waals surface area contributed by atoms with Crippen LogP contribution in [0.4, 0.5) is 0 Å². The van der Waals surface area contributed by atoms with E-state index in [9.17, 15) is 0 Å². The Balaban J connectivity index is 2.25. The molecule has 0 fully saturated rings. The van der Waals surface area contributed by atoms with Crippen molar-refractivity contribution in [3.63, 3.8) is 0 Å². The van der Waals surface area contributed by atoms with E-state index in [0.717, 1.165) is 0 Å². The van der Waals surface area contributed by atoms with Gasteiger partial charge in [0.1, 0.15) is 0 Å². The third-order valence-corrected chi connectivity index (χ3v) is 5.12. The standard InChI is InChI=1S/C22H28/c1-6-10-15(2)20-17-12-8-7-11-16(17)18-13-9-14-19(21(18)20)22(3,4)5/h7-9,11-15,20H,6,10H2,1-5H3. The van der Waals surface area contributed by atoms with Gasteiger partial charge in [0.05, 0.1) is 0 Å². The number of rotatable bonds is 3. The van der Waals surface area contributed by atoms with Gasteiger partial charge in [0.25, 0.3) is 0 Å². The molecule has 0 bridgehead atoms. The average molecular weight is 292 g/mol. The van der Waals surface area contributed by atoms with Crippen molar-refractivity contribution in [2.75, 3.05) is 0 Å². The first-order valence-electron chi connectivity index (χ1n) is 8.67. The van der Waals surface area contributed by atoms with Gasteiger partial charge in [-0.2, -0.15) is 0 Å². The van der Waals surface area contributed by atoms with Crippen LogP contribution in [-0.4, -0.2) is 0 Å². The predicted octanol–water partition coefficient (Wildman–Crippen LogP) is 6.53. The van der Waals surface area contributed by atoms with Gasteiger partial charge in [0.15, 0.2) is 0 Å². The largest absolute Gasteiger partial charge is 0.0654 e. The monoisotopic (exact) mass is 292 g/mol. The minimum atomic E-state index is 0.192. The maximum atomic E-state index is 2.43. The normalized spacial score (nSPS) is 18.0. The van der Waals surface area contributed by atoms with Gasteiger partial charge < -0.3 is 0 Å². The van der Waals surface area contributed by atoms with Crippen molar-refractivity contribution in [1.82, 2.24) is 0 Å². The smallest absolute Gasteiger partial charge is 0.0130 e. The van der Waals surface area contributed by atoms with Gasteiger partial charge in [-0.05, 0) is 39.2 Å². The summed E-state index contributed by atoms with van der Waals surface area (Å²) in [7, 11) is 0. The van der Waals surface area contributed by atoms with Gasteiger partial charge in [-0.15, -0.1) is 0 Å². The van der Waals surface area contributed by atoms with Crippen molar-refractivity contribution < 1.29 is 0 Å². The summed E-state index contributed by atoms with van der Waals surface area (Å²) in [5, 5.41) is 0. The molecule has 2 atom stereocenters. The third-order valence-electron chi connectivity index (χ3n) is 5.12. The molecule has 22 heavy (non-hydrogen) atoms. The number of fused-ring (bicyclic) bond motifs is 3. The molecule has 0 nitrogen and oxygen atoms in total. The van der Waals surface area contributed by atoms with E-state index in [2.05, 4.69) is 77.1 Å². The lowest BCUT2D eigenvalue weighted by atomic mass is 9.75. The van der Waals surface area contributed by atoms with Gasteiger partial charge in [-0.25, -0.2) is 0 Å². The Morgan fingerprint density at radius 2 is 1.64 bits per heavy atom. The topological polar surface area (TPSA) is 0 Å². The van der Waals surface area contributed by atoms with Crippen LogP contribution in [0.15, 0.2) is 42.5 Å². The van der Waals surface area contributed by atoms with Crippen molar-refractivity contribution in [3.8, 4) is 11.1 Å². The second kappa shape index (κ2) is 5.57. The van der Waals surface area contributed by atoms with Crippen LogP contribution in [0.3, 0.4) is 0 Å². The van der Waals surface area contributed by atoms with Crippen LogP contribution in [0, 0.1) is 5.92 Å². The van der Waals surface area contributed by atoms with Crippen LogP contribution in [0.5, 0.6) is 0 Å². The summed E-state index contributed by atoms with van der Waals surface area (Å²) < 4.78 is 0. The lowest BCUT2D eigenvalue weighted by Gasteiger charge is -2.29. The van der Waals surface area contributed by atoms with Gasteiger partial charge in [-0.1, -0.05) is 89.9 Å². The van der Waals surface area contributed by atoms with Gasteiger partial charge in [0, 0.05) is 5.92 Å². The molecular formula is C22H28. The minimum Gasteiger partial charge on any atom is -0.0654 e. The Morgan fingerprint density at radius 3 is 2.32 bits per heavy atom. The molecule has 0 saturated carbocycles. The fourth-order valence-corrected chi connectivity index (χ4v) is 4.17. The first-order valence-corrected chi connectivity index (χ1v) is 8.67. The number of hydrogen-bond donors (Lipinski definition) is 0. The van der Waals surface area contributed by atoms with E-state index in [0.29, 0.717) is 11.8 Å². The highest BCUT2D eigenvalue weighted by molar-refractivity contribution is 5.80. The predicted molar refractivity (Wildman–Crippen MR) is 96.5 cm³/mol. The molecule has 0 N–H and O–H groups in total. The van der Waals surface area contributed by atoms with Crippen molar-refractivity contribution in [2.45, 2.75) is 58.8 Å². The number of benzene rings is 2. The van der Waals surface area contributed by atoms with Gasteiger partial charge in [-0.3, -0.25) is 0 Å². The summed E-state index contributed by atoms with van der Waals surface area (Å²) in [6.45, 7) is 11.8. The Hall–Kier alpha value is -1.56. The van der Waals surface area contributed by atoms with Crippen LogP contribution >= 0.6 is 0 Å². The van der Waals surface area contributed by atoms with Crippen LogP contribution in [0.1, 0.15) is 70.1 Å². The van der Waals surface area contributed by atoms with Crippen LogP contribution in [0.25, 0.3) is 11.1 Å². The zero-order valence-corrected chi connectivity index (χ0v) is 14.6. The summed E-state index contributed by atoms with van der Waals surface area (Å²) in [5.74, 6) is 1.25. The van der Waals surface area contributed by atoms with E-state index in [1.165, 1.54) is 35.1 Å². The minimum absolute atomic E-state index is 0.192. The van der Waals surface area contributed by atoms with E-state index in [1.807, 2.05) is 0 Å². The summed E-state index contributed by atoms with van der Waals surface area (Å²) in [6, 6.07) is 15.9. The molecule has 2 aromatic carbocycles. The number of hydrogen-bond acceptors (Lipinski definition) is 0. The molecule has 0 heteroatoms. The van der Waals surface area contributed by atoms with Crippen molar-refractivity contribution in [1.29, 1.82) is 0 Å².